The number of sulfonamides is 1. The number of nitrogens with one attached hydrogen (secondary N) is 1. The Morgan fingerprint density at radius 3 is 2.33 bits per heavy atom. The third kappa shape index (κ3) is 6.13. The lowest BCUT2D eigenvalue weighted by molar-refractivity contribution is -0.116. The van der Waals surface area contributed by atoms with E-state index in [1.165, 1.54) is 4.31 Å². The molecule has 2 rings (SSSR count). The minimum atomic E-state index is -3.45. The first-order valence-corrected chi connectivity index (χ1v) is 11.0. The van der Waals surface area contributed by atoms with Crippen LogP contribution in [-0.2, 0) is 14.8 Å². The molecule has 0 aliphatic carbocycles. The van der Waals surface area contributed by atoms with Crippen molar-refractivity contribution in [3.05, 3.63) is 57.6 Å². The summed E-state index contributed by atoms with van der Waals surface area (Å²) in [6, 6.07) is 10.3. The van der Waals surface area contributed by atoms with Gasteiger partial charge in [0, 0.05) is 18.7 Å². The molecule has 0 fully saturated rings. The van der Waals surface area contributed by atoms with Crippen LogP contribution in [0.5, 0.6) is 0 Å². The predicted molar refractivity (Wildman–Crippen MR) is 112 cm³/mol. The number of anilines is 2. The number of amides is 1. The minimum Gasteiger partial charge on any atom is -0.326 e. The van der Waals surface area contributed by atoms with Crippen molar-refractivity contribution < 1.29 is 13.2 Å². The van der Waals surface area contributed by atoms with Crippen molar-refractivity contribution >= 4 is 50.5 Å². The van der Waals surface area contributed by atoms with Crippen molar-refractivity contribution in [2.24, 2.45) is 0 Å². The molecule has 0 heterocycles. The smallest absolute Gasteiger partial charge is 0.232 e. The highest BCUT2D eigenvalue weighted by Gasteiger charge is 2.18. The molecule has 146 valence electrons. The lowest BCUT2D eigenvalue weighted by Gasteiger charge is -2.23. The van der Waals surface area contributed by atoms with E-state index in [2.05, 4.69) is 5.32 Å². The highest BCUT2D eigenvalue weighted by atomic mass is 35.5. The highest BCUT2D eigenvalue weighted by molar-refractivity contribution is 7.92. The molecule has 0 saturated heterocycles. The second kappa shape index (κ2) is 8.95. The van der Waals surface area contributed by atoms with Gasteiger partial charge in [-0.1, -0.05) is 29.3 Å². The van der Waals surface area contributed by atoms with Crippen LogP contribution < -0.4 is 9.62 Å². The maximum atomic E-state index is 12.2. The van der Waals surface area contributed by atoms with Crippen molar-refractivity contribution in [3.63, 3.8) is 0 Å². The molecular formula is C19H22Cl2N2O3S. The van der Waals surface area contributed by atoms with Crippen molar-refractivity contribution in [2.45, 2.75) is 26.7 Å². The molecule has 0 spiro atoms. The van der Waals surface area contributed by atoms with Crippen LogP contribution in [0.15, 0.2) is 36.4 Å². The van der Waals surface area contributed by atoms with Gasteiger partial charge in [-0.05, 0) is 61.7 Å². The summed E-state index contributed by atoms with van der Waals surface area (Å²) in [6.45, 7) is 4.12. The van der Waals surface area contributed by atoms with Gasteiger partial charge in [0.05, 0.1) is 22.0 Å². The number of rotatable bonds is 7. The summed E-state index contributed by atoms with van der Waals surface area (Å²) in [7, 11) is -3.45. The zero-order valence-electron chi connectivity index (χ0n) is 15.4. The Kier molecular flexibility index (Phi) is 7.14. The summed E-state index contributed by atoms with van der Waals surface area (Å²) < 4.78 is 25.7. The lowest BCUT2D eigenvalue weighted by atomic mass is 10.1. The number of benzene rings is 2. The van der Waals surface area contributed by atoms with E-state index >= 15 is 0 Å². The van der Waals surface area contributed by atoms with Gasteiger partial charge in [0.2, 0.25) is 15.9 Å². The Balaban J connectivity index is 1.99. The number of halogens is 2. The van der Waals surface area contributed by atoms with Gasteiger partial charge >= 0.3 is 0 Å². The molecule has 2 aromatic rings. The summed E-state index contributed by atoms with van der Waals surface area (Å²) in [5, 5.41) is 3.49. The van der Waals surface area contributed by atoms with Crippen molar-refractivity contribution in [3.8, 4) is 0 Å². The lowest BCUT2D eigenvalue weighted by Crippen LogP contribution is -2.31. The van der Waals surface area contributed by atoms with E-state index in [0.717, 1.165) is 17.4 Å². The summed E-state index contributed by atoms with van der Waals surface area (Å²) in [5.74, 6) is -0.220. The molecule has 27 heavy (non-hydrogen) atoms. The summed E-state index contributed by atoms with van der Waals surface area (Å²) in [4.78, 5) is 12.1. The molecule has 1 amide bonds. The monoisotopic (exact) mass is 428 g/mol. The van der Waals surface area contributed by atoms with Crippen LogP contribution in [0.4, 0.5) is 11.4 Å². The molecule has 0 aliphatic rings. The van der Waals surface area contributed by atoms with Crippen LogP contribution in [0.2, 0.25) is 10.0 Å². The largest absolute Gasteiger partial charge is 0.326 e. The molecule has 0 saturated carbocycles. The first-order chi connectivity index (χ1) is 12.6. The topological polar surface area (TPSA) is 66.5 Å². The maximum absolute atomic E-state index is 12.2. The van der Waals surface area contributed by atoms with Crippen molar-refractivity contribution in [2.75, 3.05) is 22.4 Å². The fraction of sp³-hybridized carbons (Fsp3) is 0.316. The van der Waals surface area contributed by atoms with Gasteiger partial charge in [-0.3, -0.25) is 9.10 Å². The molecule has 0 aromatic heterocycles. The molecule has 0 bridgehead atoms. The van der Waals surface area contributed by atoms with Gasteiger partial charge in [0.1, 0.15) is 0 Å². The summed E-state index contributed by atoms with van der Waals surface area (Å²) in [5.41, 5.74) is 3.25. The summed E-state index contributed by atoms with van der Waals surface area (Å²) in [6.07, 6.45) is 1.72. The third-order valence-electron chi connectivity index (χ3n) is 4.15. The van der Waals surface area contributed by atoms with Crippen LogP contribution in [0.25, 0.3) is 0 Å². The van der Waals surface area contributed by atoms with Gasteiger partial charge in [-0.15, -0.1) is 0 Å². The normalized spacial score (nSPS) is 11.3. The first kappa shape index (κ1) is 21.5. The molecule has 0 radical (unpaired) electrons. The van der Waals surface area contributed by atoms with Gasteiger partial charge in [-0.25, -0.2) is 8.42 Å². The number of hydrogen-bond acceptors (Lipinski definition) is 3. The number of hydrogen-bond donors (Lipinski definition) is 1. The highest BCUT2D eigenvalue weighted by Crippen LogP contribution is 2.25. The van der Waals surface area contributed by atoms with Crippen molar-refractivity contribution in [1.29, 1.82) is 0 Å². The van der Waals surface area contributed by atoms with Crippen LogP contribution in [0, 0.1) is 13.8 Å². The standard InChI is InChI=1S/C19H22Cl2N2O3S/c1-13-6-8-16(11-14(13)2)23(27(3,25)26)10-4-5-19(24)22-15-7-9-17(20)18(21)12-15/h6-9,11-12H,4-5,10H2,1-3H3,(H,22,24). The SMILES string of the molecule is Cc1ccc(N(CCCC(=O)Nc2ccc(Cl)c(Cl)c2)S(C)(=O)=O)cc1C. The van der Waals surface area contributed by atoms with Crippen LogP contribution in [0.3, 0.4) is 0 Å². The molecule has 1 N–H and O–H groups in total. The van der Waals surface area contributed by atoms with E-state index in [1.807, 2.05) is 26.0 Å². The maximum Gasteiger partial charge on any atom is 0.232 e. The van der Waals surface area contributed by atoms with Gasteiger partial charge in [0.15, 0.2) is 0 Å². The van der Waals surface area contributed by atoms with Gasteiger partial charge in [0.25, 0.3) is 0 Å². The van der Waals surface area contributed by atoms with E-state index < -0.39 is 10.0 Å². The fourth-order valence-corrected chi connectivity index (χ4v) is 3.80. The second-order valence-corrected chi connectivity index (χ2v) is 9.11. The molecule has 0 atom stereocenters. The molecule has 5 nitrogen and oxygen atoms in total. The van der Waals surface area contributed by atoms with Gasteiger partial charge in [-0.2, -0.15) is 0 Å². The van der Waals surface area contributed by atoms with Crippen LogP contribution in [-0.4, -0.2) is 27.1 Å². The quantitative estimate of drug-likeness (QED) is 0.688. The molecular weight excluding hydrogens is 407 g/mol. The first-order valence-electron chi connectivity index (χ1n) is 8.38. The molecule has 8 heteroatoms. The number of carbonyl (C=O) groups is 1. The second-order valence-electron chi connectivity index (χ2n) is 6.38. The zero-order valence-corrected chi connectivity index (χ0v) is 17.7. The van der Waals surface area contributed by atoms with Crippen molar-refractivity contribution in [1.82, 2.24) is 0 Å². The Labute approximate surface area is 170 Å². The molecule has 0 aliphatic heterocycles. The average Bonchev–Trinajstić information content (AvgIpc) is 2.57. The molecule has 2 aromatic carbocycles. The number of carbonyl (C=O) groups excluding carboxylic acids is 1. The third-order valence-corrected chi connectivity index (χ3v) is 6.08. The van der Waals surface area contributed by atoms with E-state index in [0.29, 0.717) is 27.8 Å². The van der Waals surface area contributed by atoms with E-state index in [9.17, 15) is 13.2 Å². The van der Waals surface area contributed by atoms with E-state index in [1.54, 1.807) is 24.3 Å². The average molecular weight is 429 g/mol. The molecule has 0 unspecified atom stereocenters. The van der Waals surface area contributed by atoms with Crippen LogP contribution in [0.1, 0.15) is 24.0 Å². The van der Waals surface area contributed by atoms with E-state index in [4.69, 9.17) is 23.2 Å². The Hall–Kier alpha value is -1.76. The summed E-state index contributed by atoms with van der Waals surface area (Å²) >= 11 is 11.8. The Morgan fingerprint density at radius 1 is 1.04 bits per heavy atom. The predicted octanol–water partition coefficient (Wildman–Crippen LogP) is 4.80. The fourth-order valence-electron chi connectivity index (χ4n) is 2.55. The van der Waals surface area contributed by atoms with E-state index in [-0.39, 0.29) is 18.9 Å². The minimum absolute atomic E-state index is 0.178. The Morgan fingerprint density at radius 2 is 1.74 bits per heavy atom. The number of aryl methyl sites for hydroxylation is 2. The number of nitrogens with zero attached hydrogens (tertiary/aromatic N) is 1. The Bertz CT molecular complexity index is 946. The van der Waals surface area contributed by atoms with Crippen LogP contribution >= 0.6 is 23.2 Å². The van der Waals surface area contributed by atoms with Gasteiger partial charge < -0.3 is 5.32 Å². The zero-order chi connectivity index (χ0) is 20.2.